The van der Waals surface area contributed by atoms with Crippen molar-refractivity contribution in [1.82, 2.24) is 4.72 Å². The summed E-state index contributed by atoms with van der Waals surface area (Å²) in [4.78, 5) is 0.174. The minimum absolute atomic E-state index is 0.174. The van der Waals surface area contributed by atoms with Gasteiger partial charge < -0.3 is 14.6 Å². The van der Waals surface area contributed by atoms with Crippen LogP contribution < -0.4 is 9.46 Å². The quantitative estimate of drug-likeness (QED) is 0.632. The van der Waals surface area contributed by atoms with Gasteiger partial charge in [0.05, 0.1) is 17.6 Å². The van der Waals surface area contributed by atoms with E-state index in [0.29, 0.717) is 31.8 Å². The smallest absolute Gasteiger partial charge is 0.240 e. The van der Waals surface area contributed by atoms with E-state index >= 15 is 0 Å². The third-order valence-electron chi connectivity index (χ3n) is 2.93. The van der Waals surface area contributed by atoms with Crippen LogP contribution in [-0.2, 0) is 14.8 Å². The highest BCUT2D eigenvalue weighted by molar-refractivity contribution is 7.89. The van der Waals surface area contributed by atoms with Gasteiger partial charge in [-0.05, 0) is 37.1 Å². The van der Waals surface area contributed by atoms with Crippen LogP contribution in [0.4, 0.5) is 0 Å². The number of sulfonamides is 1. The average molecular weight is 317 g/mol. The Bertz CT molecular complexity index is 501. The molecule has 21 heavy (non-hydrogen) atoms. The average Bonchev–Trinajstić information content (AvgIpc) is 2.47. The second-order valence-corrected chi connectivity index (χ2v) is 6.33. The molecule has 0 fully saturated rings. The molecular formula is C14H23NO5S. The van der Waals surface area contributed by atoms with Crippen molar-refractivity contribution >= 4 is 10.0 Å². The Kier molecular flexibility index (Phi) is 7.66. The number of methoxy groups -OCH3 is 1. The van der Waals surface area contributed by atoms with Crippen molar-refractivity contribution in [3.8, 4) is 5.75 Å². The molecule has 0 aliphatic carbocycles. The van der Waals surface area contributed by atoms with Crippen LogP contribution in [-0.4, -0.2) is 46.5 Å². The van der Waals surface area contributed by atoms with Gasteiger partial charge >= 0.3 is 0 Å². The molecule has 120 valence electrons. The van der Waals surface area contributed by atoms with Crippen LogP contribution in [0.3, 0.4) is 0 Å². The van der Waals surface area contributed by atoms with Crippen molar-refractivity contribution < 1.29 is 23.0 Å². The summed E-state index contributed by atoms with van der Waals surface area (Å²) in [6.07, 6.45) is 0.521. The van der Waals surface area contributed by atoms with Crippen molar-refractivity contribution in [3.63, 3.8) is 0 Å². The Morgan fingerprint density at radius 1 is 1.24 bits per heavy atom. The summed E-state index contributed by atoms with van der Waals surface area (Å²) >= 11 is 0. The highest BCUT2D eigenvalue weighted by Crippen LogP contribution is 2.15. The van der Waals surface area contributed by atoms with Gasteiger partial charge in [0, 0.05) is 13.7 Å². The molecular weight excluding hydrogens is 294 g/mol. The highest BCUT2D eigenvalue weighted by Gasteiger charge is 2.14. The van der Waals surface area contributed by atoms with Gasteiger partial charge in [-0.25, -0.2) is 13.1 Å². The highest BCUT2D eigenvalue weighted by atomic mass is 32.2. The van der Waals surface area contributed by atoms with Crippen LogP contribution in [0.15, 0.2) is 29.2 Å². The lowest BCUT2D eigenvalue weighted by atomic mass is 10.2. The molecule has 0 aliphatic heterocycles. The Morgan fingerprint density at radius 3 is 2.48 bits per heavy atom. The third kappa shape index (κ3) is 6.43. The minimum atomic E-state index is -3.55. The number of aliphatic hydroxyl groups is 1. The number of hydrogen-bond donors (Lipinski definition) is 2. The van der Waals surface area contributed by atoms with E-state index in [1.807, 2.05) is 6.92 Å². The van der Waals surface area contributed by atoms with Gasteiger partial charge in [-0.15, -0.1) is 0 Å². The first-order valence-electron chi connectivity index (χ1n) is 6.89. The van der Waals surface area contributed by atoms with E-state index in [4.69, 9.17) is 9.47 Å². The Balaban J connectivity index is 2.54. The van der Waals surface area contributed by atoms with Gasteiger partial charge in [0.1, 0.15) is 12.4 Å². The van der Waals surface area contributed by atoms with Crippen molar-refractivity contribution in [2.45, 2.75) is 30.8 Å². The van der Waals surface area contributed by atoms with E-state index in [0.717, 1.165) is 0 Å². The van der Waals surface area contributed by atoms with Gasteiger partial charge in [0.15, 0.2) is 0 Å². The molecule has 0 saturated heterocycles. The minimum Gasteiger partial charge on any atom is -0.491 e. The van der Waals surface area contributed by atoms with Gasteiger partial charge in [-0.2, -0.15) is 0 Å². The second kappa shape index (κ2) is 8.99. The Morgan fingerprint density at radius 2 is 1.90 bits per heavy atom. The zero-order chi connectivity index (χ0) is 15.7. The monoisotopic (exact) mass is 317 g/mol. The fourth-order valence-corrected chi connectivity index (χ4v) is 2.65. The molecule has 7 heteroatoms. The van der Waals surface area contributed by atoms with Gasteiger partial charge in [0.2, 0.25) is 10.0 Å². The van der Waals surface area contributed by atoms with E-state index in [-0.39, 0.29) is 11.4 Å². The van der Waals surface area contributed by atoms with E-state index < -0.39 is 16.1 Å². The predicted molar refractivity (Wildman–Crippen MR) is 79.9 cm³/mol. The normalized spacial score (nSPS) is 13.1. The van der Waals surface area contributed by atoms with Gasteiger partial charge in [0.25, 0.3) is 0 Å². The summed E-state index contributed by atoms with van der Waals surface area (Å²) in [6.45, 7) is 2.95. The summed E-state index contributed by atoms with van der Waals surface area (Å²) in [6, 6.07) is 6.18. The predicted octanol–water partition coefficient (Wildman–Crippen LogP) is 1.15. The molecule has 0 amide bonds. The topological polar surface area (TPSA) is 84.9 Å². The third-order valence-corrected chi connectivity index (χ3v) is 4.41. The molecule has 0 radical (unpaired) electrons. The van der Waals surface area contributed by atoms with E-state index in [1.165, 1.54) is 12.1 Å². The van der Waals surface area contributed by atoms with Gasteiger partial charge in [-0.3, -0.25) is 0 Å². The number of hydrogen-bond acceptors (Lipinski definition) is 5. The number of nitrogens with one attached hydrogen (secondary N) is 1. The van der Waals surface area contributed by atoms with Crippen LogP contribution in [0.25, 0.3) is 0 Å². The molecule has 1 unspecified atom stereocenters. The summed E-state index contributed by atoms with van der Waals surface area (Å²) < 4.78 is 36.7. The van der Waals surface area contributed by atoms with Crippen LogP contribution in [0.5, 0.6) is 5.75 Å². The van der Waals surface area contributed by atoms with Crippen molar-refractivity contribution in [1.29, 1.82) is 0 Å². The fraction of sp³-hybridized carbons (Fsp3) is 0.571. The zero-order valence-corrected chi connectivity index (χ0v) is 13.2. The maximum Gasteiger partial charge on any atom is 0.240 e. The second-order valence-electron chi connectivity index (χ2n) is 4.56. The Labute approximate surface area is 126 Å². The maximum absolute atomic E-state index is 12.0. The largest absolute Gasteiger partial charge is 0.491 e. The first kappa shape index (κ1) is 17.9. The van der Waals surface area contributed by atoms with Crippen LogP contribution in [0.1, 0.15) is 19.8 Å². The number of rotatable bonds is 10. The zero-order valence-electron chi connectivity index (χ0n) is 12.4. The molecule has 1 atom stereocenters. The van der Waals surface area contributed by atoms with E-state index in [2.05, 4.69) is 4.72 Å². The van der Waals surface area contributed by atoms with Crippen LogP contribution >= 0.6 is 0 Å². The van der Waals surface area contributed by atoms with E-state index in [1.54, 1.807) is 19.2 Å². The lowest BCUT2D eigenvalue weighted by Gasteiger charge is -2.10. The van der Waals surface area contributed by atoms with Crippen LogP contribution in [0.2, 0.25) is 0 Å². The fourth-order valence-electron chi connectivity index (χ4n) is 1.61. The molecule has 1 aromatic carbocycles. The summed E-state index contributed by atoms with van der Waals surface area (Å²) in [5.74, 6) is 0.590. The summed E-state index contributed by atoms with van der Waals surface area (Å²) in [5, 5.41) is 9.40. The SMILES string of the molecule is CCC(O)CCNS(=O)(=O)c1ccc(OCCOC)cc1. The Hall–Kier alpha value is -1.15. The number of aliphatic hydroxyl groups excluding tert-OH is 1. The summed E-state index contributed by atoms with van der Waals surface area (Å²) in [5.41, 5.74) is 0. The molecule has 0 aromatic heterocycles. The summed E-state index contributed by atoms with van der Waals surface area (Å²) in [7, 11) is -1.96. The lowest BCUT2D eigenvalue weighted by Crippen LogP contribution is -2.27. The molecule has 0 spiro atoms. The van der Waals surface area contributed by atoms with Crippen molar-refractivity contribution in [2.24, 2.45) is 0 Å². The number of benzene rings is 1. The number of ether oxygens (including phenoxy) is 2. The lowest BCUT2D eigenvalue weighted by molar-refractivity contribution is 0.146. The molecule has 6 nitrogen and oxygen atoms in total. The van der Waals surface area contributed by atoms with Crippen LogP contribution in [0, 0.1) is 0 Å². The molecule has 0 saturated carbocycles. The maximum atomic E-state index is 12.0. The molecule has 1 aromatic rings. The van der Waals surface area contributed by atoms with Crippen molar-refractivity contribution in [3.05, 3.63) is 24.3 Å². The molecule has 0 bridgehead atoms. The van der Waals surface area contributed by atoms with E-state index in [9.17, 15) is 13.5 Å². The standard InChI is InChI=1S/C14H23NO5S/c1-3-12(16)8-9-15-21(17,18)14-6-4-13(5-7-14)20-11-10-19-2/h4-7,12,15-16H,3,8-11H2,1-2H3. The van der Waals surface area contributed by atoms with Crippen molar-refractivity contribution in [2.75, 3.05) is 26.9 Å². The first-order chi connectivity index (χ1) is 9.99. The van der Waals surface area contributed by atoms with Gasteiger partial charge in [-0.1, -0.05) is 6.92 Å². The first-order valence-corrected chi connectivity index (χ1v) is 8.37. The molecule has 2 N–H and O–H groups in total. The molecule has 0 aliphatic rings. The molecule has 0 heterocycles. The molecule has 1 rings (SSSR count).